The zero-order valence-corrected chi connectivity index (χ0v) is 8.33. The minimum atomic E-state index is -0.00926. The highest BCUT2D eigenvalue weighted by Crippen LogP contribution is 2.15. The fraction of sp³-hybridized carbons (Fsp3) is 0.556. The van der Waals surface area contributed by atoms with Crippen molar-refractivity contribution in [1.82, 2.24) is 15.4 Å². The Bertz CT molecular complexity index is 339. The molecule has 0 aliphatic carbocycles. The highest BCUT2D eigenvalue weighted by atomic mass is 16.5. The zero-order valence-electron chi connectivity index (χ0n) is 8.33. The first-order chi connectivity index (χ1) is 6.68. The number of carbonyl (C=O) groups excluding carboxylic acids is 1. The van der Waals surface area contributed by atoms with E-state index in [9.17, 15) is 4.79 Å². The lowest BCUT2D eigenvalue weighted by molar-refractivity contribution is 0.215. The number of urea groups is 1. The van der Waals surface area contributed by atoms with Crippen LogP contribution in [0.5, 0.6) is 0 Å². The summed E-state index contributed by atoms with van der Waals surface area (Å²) in [4.78, 5) is 13.0. The molecule has 0 bridgehead atoms. The number of hydrogen-bond donors (Lipinski definition) is 1. The molecule has 1 aromatic rings. The fourth-order valence-corrected chi connectivity index (χ4v) is 1.58. The lowest BCUT2D eigenvalue weighted by atomic mass is 10.2. The van der Waals surface area contributed by atoms with E-state index >= 15 is 0 Å². The van der Waals surface area contributed by atoms with Gasteiger partial charge in [0.25, 0.3) is 0 Å². The molecule has 0 radical (unpaired) electrons. The summed E-state index contributed by atoms with van der Waals surface area (Å²) in [6, 6.07) is -0.00926. The number of hydrogen-bond acceptors (Lipinski definition) is 3. The summed E-state index contributed by atoms with van der Waals surface area (Å²) < 4.78 is 5.03. The van der Waals surface area contributed by atoms with Gasteiger partial charge < -0.3 is 14.7 Å². The minimum Gasteiger partial charge on any atom is -0.361 e. The number of aryl methyl sites for hydroxylation is 2. The Kier molecular flexibility index (Phi) is 2.15. The van der Waals surface area contributed by atoms with Crippen LogP contribution in [0.1, 0.15) is 17.0 Å². The van der Waals surface area contributed by atoms with Gasteiger partial charge in [-0.05, 0) is 13.8 Å². The van der Waals surface area contributed by atoms with Crippen LogP contribution in [0.25, 0.3) is 0 Å². The summed E-state index contributed by atoms with van der Waals surface area (Å²) in [6.07, 6.45) is 0. The van der Waals surface area contributed by atoms with Crippen molar-refractivity contribution in [2.45, 2.75) is 20.4 Å². The van der Waals surface area contributed by atoms with Crippen LogP contribution < -0.4 is 5.32 Å². The molecular formula is C9H13N3O2. The molecule has 1 aromatic heterocycles. The topological polar surface area (TPSA) is 58.4 Å². The van der Waals surface area contributed by atoms with E-state index in [1.165, 1.54) is 0 Å². The molecule has 0 aromatic carbocycles. The quantitative estimate of drug-likeness (QED) is 0.760. The van der Waals surface area contributed by atoms with Gasteiger partial charge in [0.1, 0.15) is 5.76 Å². The van der Waals surface area contributed by atoms with Crippen molar-refractivity contribution in [3.8, 4) is 0 Å². The van der Waals surface area contributed by atoms with Gasteiger partial charge >= 0.3 is 6.03 Å². The van der Waals surface area contributed by atoms with Crippen LogP contribution in [0, 0.1) is 13.8 Å². The van der Waals surface area contributed by atoms with E-state index in [-0.39, 0.29) is 6.03 Å². The van der Waals surface area contributed by atoms with Gasteiger partial charge in [0.15, 0.2) is 0 Å². The molecule has 5 heteroatoms. The van der Waals surface area contributed by atoms with Crippen molar-refractivity contribution in [3.05, 3.63) is 17.0 Å². The molecule has 1 aliphatic heterocycles. The van der Waals surface area contributed by atoms with Gasteiger partial charge in [0.2, 0.25) is 0 Å². The van der Waals surface area contributed by atoms with E-state index in [0.29, 0.717) is 6.54 Å². The maximum atomic E-state index is 11.3. The number of aromatic nitrogens is 1. The molecule has 1 N–H and O–H groups in total. The van der Waals surface area contributed by atoms with Crippen LogP contribution in [-0.2, 0) is 6.54 Å². The maximum Gasteiger partial charge on any atom is 0.317 e. The average molecular weight is 195 g/mol. The molecule has 1 aliphatic rings. The van der Waals surface area contributed by atoms with Gasteiger partial charge in [-0.15, -0.1) is 0 Å². The van der Waals surface area contributed by atoms with Crippen LogP contribution in [0.4, 0.5) is 4.79 Å². The molecule has 76 valence electrons. The van der Waals surface area contributed by atoms with Gasteiger partial charge in [0, 0.05) is 18.7 Å². The highest BCUT2D eigenvalue weighted by molar-refractivity contribution is 5.76. The molecule has 0 atom stereocenters. The molecule has 2 rings (SSSR count). The zero-order chi connectivity index (χ0) is 10.1. The summed E-state index contributed by atoms with van der Waals surface area (Å²) in [6.45, 7) is 5.82. The molecule has 5 nitrogen and oxygen atoms in total. The average Bonchev–Trinajstić information content (AvgIpc) is 2.67. The van der Waals surface area contributed by atoms with Crippen molar-refractivity contribution in [2.75, 3.05) is 13.1 Å². The minimum absolute atomic E-state index is 0.00926. The highest BCUT2D eigenvalue weighted by Gasteiger charge is 2.22. The van der Waals surface area contributed by atoms with Crippen LogP contribution in [0.3, 0.4) is 0 Å². The molecule has 2 heterocycles. The number of rotatable bonds is 2. The second-order valence-corrected chi connectivity index (χ2v) is 3.46. The summed E-state index contributed by atoms with van der Waals surface area (Å²) in [5.41, 5.74) is 1.88. The Morgan fingerprint density at radius 3 is 2.86 bits per heavy atom. The third-order valence-corrected chi connectivity index (χ3v) is 2.48. The summed E-state index contributed by atoms with van der Waals surface area (Å²) in [5.74, 6) is 0.794. The second-order valence-electron chi connectivity index (χ2n) is 3.46. The van der Waals surface area contributed by atoms with Crippen LogP contribution >= 0.6 is 0 Å². The summed E-state index contributed by atoms with van der Waals surface area (Å²) in [7, 11) is 0. The molecule has 0 unspecified atom stereocenters. The Hall–Kier alpha value is -1.52. The van der Waals surface area contributed by atoms with Gasteiger partial charge in [-0.25, -0.2) is 4.79 Å². The lowest BCUT2D eigenvalue weighted by Crippen LogP contribution is -2.27. The molecule has 1 fully saturated rings. The van der Waals surface area contributed by atoms with Crippen molar-refractivity contribution in [2.24, 2.45) is 0 Å². The third-order valence-electron chi connectivity index (χ3n) is 2.48. The van der Waals surface area contributed by atoms with Crippen LogP contribution in [0.2, 0.25) is 0 Å². The van der Waals surface area contributed by atoms with Gasteiger partial charge in [-0.1, -0.05) is 5.16 Å². The van der Waals surface area contributed by atoms with Crippen molar-refractivity contribution in [1.29, 1.82) is 0 Å². The first-order valence-corrected chi connectivity index (χ1v) is 4.63. The van der Waals surface area contributed by atoms with Crippen LogP contribution in [0.15, 0.2) is 4.52 Å². The smallest absolute Gasteiger partial charge is 0.317 e. The van der Waals surface area contributed by atoms with E-state index < -0.39 is 0 Å². The maximum absolute atomic E-state index is 11.3. The number of carbonyl (C=O) groups is 1. The van der Waals surface area contributed by atoms with E-state index in [4.69, 9.17) is 4.52 Å². The molecular weight excluding hydrogens is 182 g/mol. The van der Waals surface area contributed by atoms with Crippen molar-refractivity contribution in [3.63, 3.8) is 0 Å². The normalized spacial score (nSPS) is 16.1. The standard InChI is InChI=1S/C9H13N3O2/c1-6-8(7(2)14-11-6)5-12-4-3-10-9(12)13/h3-5H2,1-2H3,(H,10,13). The monoisotopic (exact) mass is 195 g/mol. The first-order valence-electron chi connectivity index (χ1n) is 4.63. The Labute approximate surface area is 82.1 Å². The van der Waals surface area contributed by atoms with Crippen molar-refractivity contribution < 1.29 is 9.32 Å². The second kappa shape index (κ2) is 3.32. The van der Waals surface area contributed by atoms with Gasteiger partial charge in [-0.3, -0.25) is 0 Å². The fourth-order valence-electron chi connectivity index (χ4n) is 1.58. The van der Waals surface area contributed by atoms with Crippen LogP contribution in [-0.4, -0.2) is 29.2 Å². The van der Waals surface area contributed by atoms with Gasteiger partial charge in [0.05, 0.1) is 12.2 Å². The van der Waals surface area contributed by atoms with E-state index in [2.05, 4.69) is 10.5 Å². The van der Waals surface area contributed by atoms with Crippen molar-refractivity contribution >= 4 is 6.03 Å². The molecule has 2 amide bonds. The number of nitrogens with zero attached hydrogens (tertiary/aromatic N) is 2. The summed E-state index contributed by atoms with van der Waals surface area (Å²) in [5, 5.41) is 6.61. The van der Waals surface area contributed by atoms with E-state index in [0.717, 1.165) is 30.1 Å². The molecule has 0 spiro atoms. The Morgan fingerprint density at radius 1 is 1.57 bits per heavy atom. The number of amides is 2. The number of nitrogens with one attached hydrogen (secondary N) is 1. The predicted molar refractivity (Wildman–Crippen MR) is 49.8 cm³/mol. The molecule has 0 saturated carbocycles. The van der Waals surface area contributed by atoms with Gasteiger partial charge in [-0.2, -0.15) is 0 Å². The lowest BCUT2D eigenvalue weighted by Gasteiger charge is -2.12. The largest absolute Gasteiger partial charge is 0.361 e. The van der Waals surface area contributed by atoms with E-state index in [1.54, 1.807) is 4.90 Å². The Morgan fingerprint density at radius 2 is 2.36 bits per heavy atom. The summed E-state index contributed by atoms with van der Waals surface area (Å²) >= 11 is 0. The molecule has 14 heavy (non-hydrogen) atoms. The Balaban J connectivity index is 2.14. The predicted octanol–water partition coefficient (Wildman–Crippen LogP) is 0.817. The molecule has 1 saturated heterocycles. The van der Waals surface area contributed by atoms with E-state index in [1.807, 2.05) is 13.8 Å². The third kappa shape index (κ3) is 1.45. The first kappa shape index (κ1) is 9.05. The SMILES string of the molecule is Cc1noc(C)c1CN1CCNC1=O.